The van der Waals surface area contributed by atoms with Gasteiger partial charge in [0, 0.05) is 24.6 Å². The number of phenols is 1. The number of nitrogens with one attached hydrogen (secondary N) is 1. The Bertz CT molecular complexity index is 1190. The standard InChI is InChI=1S/C21H17ClFN3O3/c1-2-18(28)26-7-6-11(10-26)20-24-16-9-14(22)12(8-13(16)21(29)25-20)19-15(23)4-3-5-17(19)27/h2-5,8-9,11,27H,1,6-7,10H2,(H,24,25,29). The highest BCUT2D eigenvalue weighted by atomic mass is 35.5. The van der Waals surface area contributed by atoms with Gasteiger partial charge in [-0.3, -0.25) is 9.59 Å². The lowest BCUT2D eigenvalue weighted by molar-refractivity contribution is -0.125. The zero-order chi connectivity index (χ0) is 20.7. The Hall–Kier alpha value is -3.19. The molecule has 1 amide bonds. The summed E-state index contributed by atoms with van der Waals surface area (Å²) in [5.74, 6) is -0.715. The van der Waals surface area contributed by atoms with Crippen molar-refractivity contribution in [2.45, 2.75) is 12.3 Å². The van der Waals surface area contributed by atoms with Crippen LogP contribution in [0.2, 0.25) is 5.02 Å². The fourth-order valence-corrected chi connectivity index (χ4v) is 3.91. The second-order valence-corrected chi connectivity index (χ2v) is 7.32. The lowest BCUT2D eigenvalue weighted by Crippen LogP contribution is -2.26. The van der Waals surface area contributed by atoms with E-state index in [1.807, 2.05) is 0 Å². The van der Waals surface area contributed by atoms with Gasteiger partial charge in [0.05, 0.1) is 21.5 Å². The minimum Gasteiger partial charge on any atom is -0.507 e. The summed E-state index contributed by atoms with van der Waals surface area (Å²) >= 11 is 6.34. The third kappa shape index (κ3) is 3.38. The van der Waals surface area contributed by atoms with Gasteiger partial charge in [-0.05, 0) is 36.8 Å². The van der Waals surface area contributed by atoms with E-state index >= 15 is 0 Å². The molecular weight excluding hydrogens is 397 g/mol. The zero-order valence-corrected chi connectivity index (χ0v) is 16.0. The van der Waals surface area contributed by atoms with Gasteiger partial charge >= 0.3 is 0 Å². The van der Waals surface area contributed by atoms with Gasteiger partial charge in [-0.2, -0.15) is 0 Å². The maximum absolute atomic E-state index is 14.3. The van der Waals surface area contributed by atoms with Crippen molar-refractivity contribution in [3.63, 3.8) is 0 Å². The molecule has 1 saturated heterocycles. The lowest BCUT2D eigenvalue weighted by atomic mass is 10.0. The van der Waals surface area contributed by atoms with E-state index in [1.54, 1.807) is 4.90 Å². The molecule has 8 heteroatoms. The molecule has 0 saturated carbocycles. The Morgan fingerprint density at radius 1 is 1.41 bits per heavy atom. The fraction of sp³-hybridized carbons (Fsp3) is 0.190. The molecule has 0 aliphatic carbocycles. The number of phenolic OH excluding ortho intramolecular Hbond substituents is 1. The van der Waals surface area contributed by atoms with Crippen LogP contribution in [0.15, 0.2) is 47.8 Å². The van der Waals surface area contributed by atoms with Gasteiger partial charge < -0.3 is 15.0 Å². The van der Waals surface area contributed by atoms with Crippen molar-refractivity contribution in [2.75, 3.05) is 13.1 Å². The van der Waals surface area contributed by atoms with Crippen molar-refractivity contribution in [1.29, 1.82) is 0 Å². The Labute approximate surface area is 170 Å². The second kappa shape index (κ2) is 7.33. The summed E-state index contributed by atoms with van der Waals surface area (Å²) in [4.78, 5) is 33.4. The SMILES string of the molecule is C=CC(=O)N1CCC(c2nc3cc(Cl)c(-c4c(O)cccc4F)cc3c(=O)[nH]2)C1. The summed E-state index contributed by atoms with van der Waals surface area (Å²) in [6.07, 6.45) is 1.93. The first-order valence-corrected chi connectivity index (χ1v) is 9.39. The van der Waals surface area contributed by atoms with Crippen LogP contribution in [-0.4, -0.2) is 39.0 Å². The molecule has 1 aliphatic rings. The summed E-state index contributed by atoms with van der Waals surface area (Å²) in [7, 11) is 0. The van der Waals surface area contributed by atoms with Crippen LogP contribution in [0, 0.1) is 5.82 Å². The maximum Gasteiger partial charge on any atom is 0.258 e. The lowest BCUT2D eigenvalue weighted by Gasteiger charge is -2.14. The number of H-pyrrole nitrogens is 1. The maximum atomic E-state index is 14.3. The van der Waals surface area contributed by atoms with E-state index in [2.05, 4.69) is 16.5 Å². The average molecular weight is 414 g/mol. The smallest absolute Gasteiger partial charge is 0.258 e. The highest BCUT2D eigenvalue weighted by Gasteiger charge is 2.28. The normalized spacial score (nSPS) is 16.3. The molecule has 1 aromatic heterocycles. The van der Waals surface area contributed by atoms with E-state index in [0.29, 0.717) is 30.9 Å². The number of aromatic nitrogens is 2. The predicted molar refractivity (Wildman–Crippen MR) is 109 cm³/mol. The summed E-state index contributed by atoms with van der Waals surface area (Å²) in [6.45, 7) is 4.49. The molecule has 3 aromatic rings. The molecule has 1 aliphatic heterocycles. The van der Waals surface area contributed by atoms with Crippen LogP contribution in [0.5, 0.6) is 5.75 Å². The van der Waals surface area contributed by atoms with Crippen LogP contribution in [0.1, 0.15) is 18.2 Å². The van der Waals surface area contributed by atoms with Gasteiger partial charge in [-0.15, -0.1) is 0 Å². The molecule has 1 unspecified atom stereocenters. The Balaban J connectivity index is 1.78. The van der Waals surface area contributed by atoms with Crippen LogP contribution in [-0.2, 0) is 4.79 Å². The number of fused-ring (bicyclic) bond motifs is 1. The zero-order valence-electron chi connectivity index (χ0n) is 15.3. The van der Waals surface area contributed by atoms with Gasteiger partial charge in [0.2, 0.25) is 5.91 Å². The topological polar surface area (TPSA) is 86.3 Å². The molecule has 4 rings (SSSR count). The summed E-state index contributed by atoms with van der Waals surface area (Å²) < 4.78 is 14.3. The number of aromatic hydroxyl groups is 1. The minimum atomic E-state index is -0.648. The number of nitrogens with zero attached hydrogens (tertiary/aromatic N) is 2. The molecule has 1 atom stereocenters. The van der Waals surface area contributed by atoms with Gasteiger partial charge in [0.1, 0.15) is 17.4 Å². The van der Waals surface area contributed by atoms with Crippen LogP contribution < -0.4 is 5.56 Å². The first kappa shape index (κ1) is 19.1. The monoisotopic (exact) mass is 413 g/mol. The number of rotatable bonds is 3. The molecule has 0 radical (unpaired) electrons. The molecule has 148 valence electrons. The Morgan fingerprint density at radius 3 is 2.93 bits per heavy atom. The second-order valence-electron chi connectivity index (χ2n) is 6.91. The largest absolute Gasteiger partial charge is 0.507 e. The first-order valence-electron chi connectivity index (χ1n) is 9.01. The number of carbonyl (C=O) groups excluding carboxylic acids is 1. The molecule has 0 spiro atoms. The molecule has 0 bridgehead atoms. The van der Waals surface area contributed by atoms with Crippen LogP contribution in [0.3, 0.4) is 0 Å². The van der Waals surface area contributed by atoms with Crippen molar-refractivity contribution in [2.24, 2.45) is 0 Å². The van der Waals surface area contributed by atoms with E-state index in [-0.39, 0.29) is 39.1 Å². The number of halogens is 2. The summed E-state index contributed by atoms with van der Waals surface area (Å²) in [6, 6.07) is 6.84. The molecule has 2 heterocycles. The third-order valence-electron chi connectivity index (χ3n) is 5.13. The van der Waals surface area contributed by atoms with Crippen molar-refractivity contribution in [1.82, 2.24) is 14.9 Å². The van der Waals surface area contributed by atoms with E-state index < -0.39 is 11.4 Å². The Kier molecular flexibility index (Phi) is 4.84. The van der Waals surface area contributed by atoms with Gasteiger partial charge in [0.15, 0.2) is 0 Å². The number of aromatic amines is 1. The first-order chi connectivity index (χ1) is 13.9. The van der Waals surface area contributed by atoms with Crippen LogP contribution in [0.25, 0.3) is 22.0 Å². The average Bonchev–Trinajstić information content (AvgIpc) is 3.18. The number of hydrogen-bond donors (Lipinski definition) is 2. The molecular formula is C21H17ClFN3O3. The van der Waals surface area contributed by atoms with Gasteiger partial charge in [0.25, 0.3) is 5.56 Å². The van der Waals surface area contributed by atoms with E-state index in [4.69, 9.17) is 11.6 Å². The summed E-state index contributed by atoms with van der Waals surface area (Å²) in [5.41, 5.74) is 0.102. The van der Waals surface area contributed by atoms with Crippen molar-refractivity contribution in [3.8, 4) is 16.9 Å². The van der Waals surface area contributed by atoms with E-state index in [9.17, 15) is 19.1 Å². The minimum absolute atomic E-state index is 0.0720. The van der Waals surface area contributed by atoms with Crippen LogP contribution >= 0.6 is 11.6 Å². The van der Waals surface area contributed by atoms with E-state index in [1.165, 1.54) is 36.4 Å². The molecule has 29 heavy (non-hydrogen) atoms. The van der Waals surface area contributed by atoms with Crippen molar-refractivity contribution in [3.05, 3.63) is 70.0 Å². The molecule has 2 aromatic carbocycles. The highest BCUT2D eigenvalue weighted by molar-refractivity contribution is 6.34. The molecule has 6 nitrogen and oxygen atoms in total. The van der Waals surface area contributed by atoms with Crippen molar-refractivity contribution < 1.29 is 14.3 Å². The van der Waals surface area contributed by atoms with Gasteiger partial charge in [-0.1, -0.05) is 24.2 Å². The summed E-state index contributed by atoms with van der Waals surface area (Å²) in [5, 5.41) is 10.4. The van der Waals surface area contributed by atoms with E-state index in [0.717, 1.165) is 0 Å². The number of benzene rings is 2. The highest BCUT2D eigenvalue weighted by Crippen LogP contribution is 2.38. The van der Waals surface area contributed by atoms with Crippen molar-refractivity contribution >= 4 is 28.4 Å². The quantitative estimate of drug-likeness (QED) is 0.642. The fourth-order valence-electron chi connectivity index (χ4n) is 3.66. The molecule has 2 N–H and O–H groups in total. The number of amides is 1. The van der Waals surface area contributed by atoms with Crippen LogP contribution in [0.4, 0.5) is 4.39 Å². The predicted octanol–water partition coefficient (Wildman–Crippen LogP) is 3.59. The third-order valence-corrected chi connectivity index (χ3v) is 5.45. The number of likely N-dealkylation sites (tertiary alicyclic amines) is 1. The number of carbonyl (C=O) groups is 1. The Morgan fingerprint density at radius 2 is 2.21 bits per heavy atom. The number of hydrogen-bond acceptors (Lipinski definition) is 4. The van der Waals surface area contributed by atoms with Gasteiger partial charge in [-0.25, -0.2) is 9.37 Å². The molecule has 1 fully saturated rings.